The van der Waals surface area contributed by atoms with Crippen molar-refractivity contribution in [2.45, 2.75) is 0 Å². The molecule has 0 unspecified atom stereocenters. The van der Waals surface area contributed by atoms with Gasteiger partial charge in [-0.05, 0) is 0 Å². The zero-order valence-corrected chi connectivity index (χ0v) is 9.69. The predicted octanol–water partition coefficient (Wildman–Crippen LogP) is -2.54. The number of carboxylic acid groups (broad SMARTS) is 6. The van der Waals surface area contributed by atoms with Crippen molar-refractivity contribution in [1.29, 1.82) is 0 Å². The minimum Gasteiger partial charge on any atom is -0.473 e. The van der Waals surface area contributed by atoms with Gasteiger partial charge in [0.1, 0.15) is 0 Å². The van der Waals surface area contributed by atoms with Crippen LogP contribution in [0.2, 0.25) is 0 Å². The second kappa shape index (κ2) is 13.4. The molecule has 13 heteroatoms. The molecule has 0 amide bonds. The van der Waals surface area contributed by atoms with E-state index in [0.717, 1.165) is 0 Å². The maximum atomic E-state index is 9.10. The van der Waals surface area contributed by atoms with E-state index >= 15 is 0 Å². The fourth-order valence-electron chi connectivity index (χ4n) is 0. The Bertz CT molecular complexity index is 277. The number of rotatable bonds is 0. The summed E-state index contributed by atoms with van der Waals surface area (Å²) >= 11 is 0. The van der Waals surface area contributed by atoms with E-state index in [-0.39, 0.29) is 17.1 Å². The molecule has 0 saturated carbocycles. The summed E-state index contributed by atoms with van der Waals surface area (Å²) in [5.74, 6) is -10.9. The van der Waals surface area contributed by atoms with Crippen molar-refractivity contribution >= 4 is 35.8 Å². The molecule has 0 bridgehead atoms. The Morgan fingerprint density at radius 3 is 0.421 bits per heavy atom. The van der Waals surface area contributed by atoms with Gasteiger partial charge in [-0.3, -0.25) is 0 Å². The van der Waals surface area contributed by atoms with Crippen LogP contribution in [0, 0.1) is 0 Å². The molecular formula is C6H6MnO12. The van der Waals surface area contributed by atoms with Crippen LogP contribution >= 0.6 is 0 Å². The van der Waals surface area contributed by atoms with Gasteiger partial charge in [0.2, 0.25) is 0 Å². The molecule has 0 heterocycles. The van der Waals surface area contributed by atoms with Crippen LogP contribution < -0.4 is 0 Å². The average molecular weight is 325 g/mol. The molecule has 12 nitrogen and oxygen atoms in total. The van der Waals surface area contributed by atoms with E-state index < -0.39 is 35.8 Å². The summed E-state index contributed by atoms with van der Waals surface area (Å²) in [6.07, 6.45) is 0. The quantitative estimate of drug-likeness (QED) is 0.200. The van der Waals surface area contributed by atoms with Crippen LogP contribution in [0.15, 0.2) is 0 Å². The maximum absolute atomic E-state index is 9.10. The average Bonchev–Trinajstić information content (AvgIpc) is 2.18. The van der Waals surface area contributed by atoms with Crippen molar-refractivity contribution in [3.05, 3.63) is 0 Å². The van der Waals surface area contributed by atoms with Gasteiger partial charge in [0.15, 0.2) is 0 Å². The number of carboxylic acids is 6. The van der Waals surface area contributed by atoms with E-state index in [4.69, 9.17) is 59.4 Å². The SMILES string of the molecule is O=C(O)C(=O)O.O=C(O)C(=O)O.O=C(O)C(=O)O.[Mn]. The second-order valence-corrected chi connectivity index (χ2v) is 1.83. The van der Waals surface area contributed by atoms with Crippen LogP contribution in [-0.2, 0) is 45.8 Å². The number of hydrogen-bond acceptors (Lipinski definition) is 6. The molecule has 0 fully saturated rings. The van der Waals surface area contributed by atoms with Gasteiger partial charge in [-0.2, -0.15) is 0 Å². The topological polar surface area (TPSA) is 224 Å². The Balaban J connectivity index is -0.0000000865. The fourth-order valence-corrected chi connectivity index (χ4v) is 0. The molecule has 19 heavy (non-hydrogen) atoms. The minimum atomic E-state index is -1.82. The van der Waals surface area contributed by atoms with Gasteiger partial charge in [-0.25, -0.2) is 28.8 Å². The smallest absolute Gasteiger partial charge is 0.414 e. The van der Waals surface area contributed by atoms with Crippen LogP contribution in [0.5, 0.6) is 0 Å². The van der Waals surface area contributed by atoms with E-state index in [2.05, 4.69) is 0 Å². The van der Waals surface area contributed by atoms with E-state index in [9.17, 15) is 0 Å². The first-order valence-corrected chi connectivity index (χ1v) is 3.32. The Morgan fingerprint density at radius 1 is 0.368 bits per heavy atom. The summed E-state index contributed by atoms with van der Waals surface area (Å²) < 4.78 is 0. The molecular weight excluding hydrogens is 319 g/mol. The second-order valence-electron chi connectivity index (χ2n) is 1.83. The van der Waals surface area contributed by atoms with Crippen LogP contribution in [0.4, 0.5) is 0 Å². The third-order valence-corrected chi connectivity index (χ3v) is 0.549. The standard InChI is InChI=1S/3C2H2O4.Mn/c3*3-1(4)2(5)6;/h3*(H,3,4)(H,5,6);. The summed E-state index contributed by atoms with van der Waals surface area (Å²) in [6.45, 7) is 0. The third kappa shape index (κ3) is 31.3. The number of aliphatic carboxylic acids is 6. The molecule has 1 radical (unpaired) electrons. The zero-order chi connectivity index (χ0) is 15.5. The molecule has 0 atom stereocenters. The molecule has 0 aliphatic rings. The Kier molecular flexibility index (Phi) is 17.8. The number of carbonyl (C=O) groups is 6. The van der Waals surface area contributed by atoms with Crippen molar-refractivity contribution in [3.63, 3.8) is 0 Å². The molecule has 0 aliphatic heterocycles. The Labute approximate surface area is 113 Å². The third-order valence-electron chi connectivity index (χ3n) is 0.549. The Hall–Kier alpha value is -2.66. The molecule has 0 aromatic carbocycles. The molecule has 0 aromatic rings. The maximum Gasteiger partial charge on any atom is 0.414 e. The van der Waals surface area contributed by atoms with Crippen molar-refractivity contribution in [3.8, 4) is 0 Å². The summed E-state index contributed by atoms with van der Waals surface area (Å²) in [5, 5.41) is 44.3. The van der Waals surface area contributed by atoms with Gasteiger partial charge in [-0.1, -0.05) is 0 Å². The molecule has 0 spiro atoms. The summed E-state index contributed by atoms with van der Waals surface area (Å²) in [5.41, 5.74) is 0. The Morgan fingerprint density at radius 2 is 0.421 bits per heavy atom. The zero-order valence-electron chi connectivity index (χ0n) is 8.51. The van der Waals surface area contributed by atoms with Gasteiger partial charge < -0.3 is 30.6 Å². The predicted molar refractivity (Wildman–Crippen MR) is 45.8 cm³/mol. The van der Waals surface area contributed by atoms with Gasteiger partial charge in [0, 0.05) is 17.1 Å². The number of hydrogen-bond donors (Lipinski definition) is 6. The van der Waals surface area contributed by atoms with Crippen molar-refractivity contribution in [2.24, 2.45) is 0 Å². The molecule has 0 saturated heterocycles. The largest absolute Gasteiger partial charge is 0.473 e. The van der Waals surface area contributed by atoms with Crippen LogP contribution in [-0.4, -0.2) is 66.5 Å². The first-order chi connectivity index (χ1) is 7.93. The summed E-state index contributed by atoms with van der Waals surface area (Å²) in [4.78, 5) is 54.6. The van der Waals surface area contributed by atoms with Crippen LogP contribution in [0.3, 0.4) is 0 Å². The van der Waals surface area contributed by atoms with Crippen molar-refractivity contribution in [2.75, 3.05) is 0 Å². The molecule has 0 aliphatic carbocycles. The van der Waals surface area contributed by atoms with E-state index in [0.29, 0.717) is 0 Å². The van der Waals surface area contributed by atoms with Crippen LogP contribution in [0.1, 0.15) is 0 Å². The summed E-state index contributed by atoms with van der Waals surface area (Å²) in [6, 6.07) is 0. The first kappa shape index (κ1) is 25.3. The molecule has 6 N–H and O–H groups in total. The molecule has 0 rings (SSSR count). The first-order valence-electron chi connectivity index (χ1n) is 3.32. The van der Waals surface area contributed by atoms with E-state index in [1.165, 1.54) is 0 Å². The minimum absolute atomic E-state index is 0. The van der Waals surface area contributed by atoms with E-state index in [1.807, 2.05) is 0 Å². The van der Waals surface area contributed by atoms with E-state index in [1.54, 1.807) is 0 Å². The molecule has 109 valence electrons. The van der Waals surface area contributed by atoms with Gasteiger partial charge in [0.25, 0.3) is 0 Å². The van der Waals surface area contributed by atoms with Crippen molar-refractivity contribution in [1.82, 2.24) is 0 Å². The van der Waals surface area contributed by atoms with Crippen molar-refractivity contribution < 1.29 is 76.5 Å². The van der Waals surface area contributed by atoms with Gasteiger partial charge in [0.05, 0.1) is 0 Å². The normalized spacial score (nSPS) is 6.95. The van der Waals surface area contributed by atoms with Gasteiger partial charge >= 0.3 is 35.8 Å². The van der Waals surface area contributed by atoms with Crippen LogP contribution in [0.25, 0.3) is 0 Å². The molecule has 0 aromatic heterocycles. The fraction of sp³-hybridized carbons (Fsp3) is 0. The summed E-state index contributed by atoms with van der Waals surface area (Å²) in [7, 11) is 0. The van der Waals surface area contributed by atoms with Gasteiger partial charge in [-0.15, -0.1) is 0 Å². The monoisotopic (exact) mass is 325 g/mol.